The van der Waals surface area contributed by atoms with Crippen LogP contribution >= 0.6 is 0 Å². The summed E-state index contributed by atoms with van der Waals surface area (Å²) in [5.74, 6) is 1.04. The third-order valence-electron chi connectivity index (χ3n) is 4.71. The normalized spacial score (nSPS) is 18.2. The fraction of sp³-hybridized carbons (Fsp3) is 0.333. The number of likely N-dealkylation sites (N-methyl/N-ethyl adjacent to an activating group) is 1. The zero-order valence-corrected chi connectivity index (χ0v) is 13.5. The third-order valence-corrected chi connectivity index (χ3v) is 4.71. The van der Waals surface area contributed by atoms with Crippen LogP contribution in [-0.2, 0) is 0 Å². The van der Waals surface area contributed by atoms with Crippen molar-refractivity contribution in [2.45, 2.75) is 12.5 Å². The molecule has 0 radical (unpaired) electrons. The van der Waals surface area contributed by atoms with Crippen molar-refractivity contribution >= 4 is 16.7 Å². The lowest BCUT2D eigenvalue weighted by molar-refractivity contribution is 0.315. The van der Waals surface area contributed by atoms with Crippen LogP contribution < -0.4 is 4.90 Å². The van der Waals surface area contributed by atoms with Gasteiger partial charge in [0.05, 0.1) is 5.52 Å². The van der Waals surface area contributed by atoms with Gasteiger partial charge in [-0.25, -0.2) is 4.98 Å². The summed E-state index contributed by atoms with van der Waals surface area (Å²) in [6.07, 6.45) is 3.07. The van der Waals surface area contributed by atoms with Gasteiger partial charge in [-0.15, -0.1) is 0 Å². The van der Waals surface area contributed by atoms with Crippen molar-refractivity contribution in [2.24, 2.45) is 0 Å². The number of nitrogens with zero attached hydrogens (tertiary/aromatic N) is 4. The Bertz CT molecular complexity index is 823. The van der Waals surface area contributed by atoms with E-state index in [4.69, 9.17) is 0 Å². The van der Waals surface area contributed by atoms with E-state index in [1.54, 1.807) is 0 Å². The monoisotopic (exact) mass is 307 g/mol. The van der Waals surface area contributed by atoms with Gasteiger partial charge in [0.2, 0.25) is 0 Å². The van der Waals surface area contributed by atoms with Crippen LogP contribution in [0.2, 0.25) is 0 Å². The first kappa shape index (κ1) is 14.2. The lowest BCUT2D eigenvalue weighted by Crippen LogP contribution is -2.31. The van der Waals surface area contributed by atoms with Gasteiger partial charge in [0, 0.05) is 36.3 Å². The average Bonchev–Trinajstić information content (AvgIpc) is 3.22. The second kappa shape index (κ2) is 5.66. The molecule has 0 spiro atoms. The minimum absolute atomic E-state index is 0.603. The first-order valence-electron chi connectivity index (χ1n) is 8.03. The summed E-state index contributed by atoms with van der Waals surface area (Å²) in [4.78, 5) is 9.24. The molecule has 2 aromatic heterocycles. The minimum atomic E-state index is 0.603. The first-order valence-corrected chi connectivity index (χ1v) is 8.03. The second-order valence-corrected chi connectivity index (χ2v) is 6.37. The van der Waals surface area contributed by atoms with E-state index in [9.17, 15) is 0 Å². The molecule has 1 fully saturated rings. The van der Waals surface area contributed by atoms with E-state index in [-0.39, 0.29) is 0 Å². The van der Waals surface area contributed by atoms with E-state index < -0.39 is 0 Å². The summed E-state index contributed by atoms with van der Waals surface area (Å²) < 4.78 is 0. The standard InChI is InChI=1S/C18H21N5/c1-22(2)14-8-10-23(12-14)17-11-13(7-9-19-17)18-15-5-3-4-6-16(15)20-21-18/h3-7,9,11,14H,8,10,12H2,1-2H3,(H,20,21)/t14-/m1/s1. The summed E-state index contributed by atoms with van der Waals surface area (Å²) in [5, 5.41) is 8.75. The number of aromatic nitrogens is 3. The molecule has 1 aliphatic heterocycles. The van der Waals surface area contributed by atoms with Crippen LogP contribution in [0.5, 0.6) is 0 Å². The largest absolute Gasteiger partial charge is 0.355 e. The Labute approximate surface area is 135 Å². The molecule has 5 heteroatoms. The van der Waals surface area contributed by atoms with Gasteiger partial charge in [0.15, 0.2) is 0 Å². The van der Waals surface area contributed by atoms with Gasteiger partial charge in [-0.2, -0.15) is 5.10 Å². The van der Waals surface area contributed by atoms with E-state index in [0.29, 0.717) is 6.04 Å². The number of aromatic amines is 1. The average molecular weight is 307 g/mol. The Morgan fingerprint density at radius 3 is 2.91 bits per heavy atom. The molecule has 3 aromatic rings. The van der Waals surface area contributed by atoms with Crippen molar-refractivity contribution in [3.8, 4) is 11.3 Å². The number of nitrogens with one attached hydrogen (secondary N) is 1. The number of anilines is 1. The number of hydrogen-bond donors (Lipinski definition) is 1. The summed E-state index contributed by atoms with van der Waals surface area (Å²) in [6.45, 7) is 2.09. The third kappa shape index (κ3) is 2.57. The van der Waals surface area contributed by atoms with Gasteiger partial charge in [0.1, 0.15) is 11.5 Å². The molecule has 1 saturated heterocycles. The Balaban J connectivity index is 1.67. The maximum absolute atomic E-state index is 4.57. The fourth-order valence-electron chi connectivity index (χ4n) is 3.29. The number of H-pyrrole nitrogens is 1. The van der Waals surface area contributed by atoms with Crippen LogP contribution in [0.15, 0.2) is 42.6 Å². The van der Waals surface area contributed by atoms with E-state index in [2.05, 4.69) is 57.3 Å². The molecule has 118 valence electrons. The fourth-order valence-corrected chi connectivity index (χ4v) is 3.29. The van der Waals surface area contributed by atoms with Crippen molar-refractivity contribution in [1.29, 1.82) is 0 Å². The summed E-state index contributed by atoms with van der Waals surface area (Å²) >= 11 is 0. The number of benzene rings is 1. The highest BCUT2D eigenvalue weighted by Crippen LogP contribution is 2.29. The second-order valence-electron chi connectivity index (χ2n) is 6.37. The molecule has 1 atom stereocenters. The van der Waals surface area contributed by atoms with Crippen LogP contribution in [0.4, 0.5) is 5.82 Å². The van der Waals surface area contributed by atoms with Gasteiger partial charge >= 0.3 is 0 Å². The van der Waals surface area contributed by atoms with Crippen molar-refractivity contribution in [3.63, 3.8) is 0 Å². The highest BCUT2D eigenvalue weighted by atomic mass is 15.3. The lowest BCUT2D eigenvalue weighted by atomic mass is 10.1. The van der Waals surface area contributed by atoms with Crippen LogP contribution in [0.25, 0.3) is 22.2 Å². The summed E-state index contributed by atoms with van der Waals surface area (Å²) in [5.41, 5.74) is 3.17. The minimum Gasteiger partial charge on any atom is -0.355 e. The molecule has 0 amide bonds. The van der Waals surface area contributed by atoms with Crippen molar-refractivity contribution in [2.75, 3.05) is 32.1 Å². The summed E-state index contributed by atoms with van der Waals surface area (Å²) in [6, 6.07) is 13.0. The van der Waals surface area contributed by atoms with Crippen LogP contribution in [0.1, 0.15) is 6.42 Å². The molecule has 23 heavy (non-hydrogen) atoms. The zero-order chi connectivity index (χ0) is 15.8. The predicted octanol–water partition coefficient (Wildman–Crippen LogP) is 2.77. The Kier molecular flexibility index (Phi) is 3.50. The molecule has 4 rings (SSSR count). The molecule has 1 aromatic carbocycles. The number of fused-ring (bicyclic) bond motifs is 1. The molecular formula is C18H21N5. The van der Waals surface area contributed by atoms with Crippen LogP contribution in [0.3, 0.4) is 0 Å². The van der Waals surface area contributed by atoms with Gasteiger partial charge < -0.3 is 9.80 Å². The molecule has 1 aliphatic rings. The van der Waals surface area contributed by atoms with E-state index in [1.165, 1.54) is 6.42 Å². The lowest BCUT2D eigenvalue weighted by Gasteiger charge is -2.21. The van der Waals surface area contributed by atoms with Crippen LogP contribution in [-0.4, -0.2) is 53.3 Å². The van der Waals surface area contributed by atoms with E-state index in [0.717, 1.165) is 41.1 Å². The van der Waals surface area contributed by atoms with Crippen molar-refractivity contribution < 1.29 is 0 Å². The predicted molar refractivity (Wildman–Crippen MR) is 93.6 cm³/mol. The Morgan fingerprint density at radius 2 is 2.09 bits per heavy atom. The van der Waals surface area contributed by atoms with Crippen molar-refractivity contribution in [1.82, 2.24) is 20.1 Å². The van der Waals surface area contributed by atoms with E-state index >= 15 is 0 Å². The van der Waals surface area contributed by atoms with Gasteiger partial charge in [0.25, 0.3) is 0 Å². The van der Waals surface area contributed by atoms with Gasteiger partial charge in [-0.1, -0.05) is 18.2 Å². The highest BCUT2D eigenvalue weighted by molar-refractivity contribution is 5.93. The zero-order valence-electron chi connectivity index (χ0n) is 13.5. The van der Waals surface area contributed by atoms with Gasteiger partial charge in [-0.3, -0.25) is 5.10 Å². The maximum Gasteiger partial charge on any atom is 0.129 e. The Hall–Kier alpha value is -2.40. The quantitative estimate of drug-likeness (QED) is 0.808. The number of hydrogen-bond acceptors (Lipinski definition) is 4. The van der Waals surface area contributed by atoms with Crippen LogP contribution in [0, 0.1) is 0 Å². The SMILES string of the molecule is CN(C)[C@@H]1CCN(c2cc(-c3n[nH]c4ccccc34)ccn2)C1. The molecule has 0 saturated carbocycles. The molecule has 0 aliphatic carbocycles. The number of rotatable bonds is 3. The van der Waals surface area contributed by atoms with Crippen molar-refractivity contribution in [3.05, 3.63) is 42.6 Å². The summed E-state index contributed by atoms with van der Waals surface area (Å²) in [7, 11) is 4.29. The molecule has 3 heterocycles. The highest BCUT2D eigenvalue weighted by Gasteiger charge is 2.25. The first-order chi connectivity index (χ1) is 11.2. The van der Waals surface area contributed by atoms with Gasteiger partial charge in [-0.05, 0) is 38.7 Å². The topological polar surface area (TPSA) is 48.0 Å². The molecule has 0 bridgehead atoms. The molecule has 0 unspecified atom stereocenters. The smallest absolute Gasteiger partial charge is 0.129 e. The molecule has 1 N–H and O–H groups in total. The number of pyridine rings is 1. The molecular weight excluding hydrogens is 286 g/mol. The van der Waals surface area contributed by atoms with E-state index in [1.807, 2.05) is 24.4 Å². The Morgan fingerprint density at radius 1 is 1.22 bits per heavy atom. The maximum atomic E-state index is 4.57. The number of para-hydroxylation sites is 1. The molecule has 5 nitrogen and oxygen atoms in total.